The van der Waals surface area contributed by atoms with E-state index in [1.807, 2.05) is 6.92 Å². The Morgan fingerprint density at radius 1 is 1.56 bits per heavy atom. The predicted molar refractivity (Wildman–Crippen MR) is 62.1 cm³/mol. The molecule has 1 fully saturated rings. The zero-order valence-electron chi connectivity index (χ0n) is 10.2. The van der Waals surface area contributed by atoms with Crippen molar-refractivity contribution >= 4 is 0 Å². The molecule has 1 saturated heterocycles. The Hall–Kier alpha value is -0.900. The molecule has 0 bridgehead atoms. The topological polar surface area (TPSA) is 51.0 Å². The molecule has 4 nitrogen and oxygen atoms in total. The molecule has 0 radical (unpaired) electrons. The summed E-state index contributed by atoms with van der Waals surface area (Å²) in [6.45, 7) is 6.64. The number of rotatable bonds is 4. The van der Waals surface area contributed by atoms with Gasteiger partial charge in [0.25, 0.3) is 0 Å². The first kappa shape index (κ1) is 11.6. The number of aromatic nitrogens is 2. The van der Waals surface area contributed by atoms with Crippen LogP contribution in [0.1, 0.15) is 38.4 Å². The van der Waals surface area contributed by atoms with Crippen molar-refractivity contribution in [3.8, 4) is 0 Å². The molecule has 1 aliphatic rings. The number of aryl methyl sites for hydroxylation is 1. The quantitative estimate of drug-likeness (QED) is 0.845. The maximum atomic E-state index is 5.24. The van der Waals surface area contributed by atoms with Crippen molar-refractivity contribution < 1.29 is 4.52 Å². The van der Waals surface area contributed by atoms with Gasteiger partial charge in [-0.1, -0.05) is 19.0 Å². The van der Waals surface area contributed by atoms with E-state index in [1.54, 1.807) is 0 Å². The predicted octanol–water partition coefficient (Wildman–Crippen LogP) is 1.81. The normalized spacial score (nSPS) is 23.2. The van der Waals surface area contributed by atoms with Gasteiger partial charge in [0.2, 0.25) is 5.89 Å². The van der Waals surface area contributed by atoms with Crippen LogP contribution in [-0.2, 0) is 12.8 Å². The van der Waals surface area contributed by atoms with Gasteiger partial charge in [0.05, 0.1) is 0 Å². The Kier molecular flexibility index (Phi) is 3.93. The van der Waals surface area contributed by atoms with E-state index in [0.29, 0.717) is 5.92 Å². The fraction of sp³-hybridized carbons (Fsp3) is 0.833. The largest absolute Gasteiger partial charge is 0.339 e. The highest BCUT2D eigenvalue weighted by Gasteiger charge is 2.21. The lowest BCUT2D eigenvalue weighted by Crippen LogP contribution is -2.33. The average Bonchev–Trinajstić information content (AvgIpc) is 2.78. The molecule has 0 aromatic carbocycles. The van der Waals surface area contributed by atoms with Gasteiger partial charge in [-0.05, 0) is 37.8 Å². The third-order valence-corrected chi connectivity index (χ3v) is 3.46. The summed E-state index contributed by atoms with van der Waals surface area (Å²) in [4.78, 5) is 4.37. The lowest BCUT2D eigenvalue weighted by atomic mass is 9.85. The minimum Gasteiger partial charge on any atom is -0.339 e. The maximum absolute atomic E-state index is 5.24. The van der Waals surface area contributed by atoms with Crippen LogP contribution < -0.4 is 5.32 Å². The van der Waals surface area contributed by atoms with E-state index in [2.05, 4.69) is 22.4 Å². The minimum absolute atomic E-state index is 0.623. The molecule has 2 unspecified atom stereocenters. The third kappa shape index (κ3) is 2.82. The Labute approximate surface area is 96.8 Å². The van der Waals surface area contributed by atoms with Crippen LogP contribution in [0.15, 0.2) is 4.52 Å². The van der Waals surface area contributed by atoms with Gasteiger partial charge in [-0.2, -0.15) is 4.98 Å². The number of piperidine rings is 1. The second-order valence-electron chi connectivity index (χ2n) is 4.75. The molecule has 1 N–H and O–H groups in total. The number of nitrogens with zero attached hydrogens (tertiary/aromatic N) is 2. The molecule has 1 aromatic rings. The smallest absolute Gasteiger partial charge is 0.226 e. The maximum Gasteiger partial charge on any atom is 0.226 e. The first-order valence-electron chi connectivity index (χ1n) is 6.31. The molecule has 0 saturated carbocycles. The summed E-state index contributed by atoms with van der Waals surface area (Å²) in [5.41, 5.74) is 0. The van der Waals surface area contributed by atoms with Gasteiger partial charge in [-0.15, -0.1) is 0 Å². The highest BCUT2D eigenvalue weighted by molar-refractivity contribution is 4.88. The van der Waals surface area contributed by atoms with E-state index in [0.717, 1.165) is 37.0 Å². The van der Waals surface area contributed by atoms with E-state index >= 15 is 0 Å². The first-order valence-corrected chi connectivity index (χ1v) is 6.31. The van der Waals surface area contributed by atoms with Crippen molar-refractivity contribution in [2.45, 2.75) is 39.5 Å². The Balaban J connectivity index is 1.87. The van der Waals surface area contributed by atoms with Crippen molar-refractivity contribution in [3.63, 3.8) is 0 Å². The van der Waals surface area contributed by atoms with Gasteiger partial charge in [-0.25, -0.2) is 0 Å². The van der Waals surface area contributed by atoms with E-state index < -0.39 is 0 Å². The zero-order chi connectivity index (χ0) is 11.4. The SMILES string of the molecule is CCc1noc(CC(C)C2CCCNC2)n1. The van der Waals surface area contributed by atoms with E-state index in [9.17, 15) is 0 Å². The standard InChI is InChI=1S/C12H21N3O/c1-3-11-14-12(16-15-11)7-9(2)10-5-4-6-13-8-10/h9-10,13H,3-8H2,1-2H3. The van der Waals surface area contributed by atoms with Gasteiger partial charge >= 0.3 is 0 Å². The fourth-order valence-electron chi connectivity index (χ4n) is 2.32. The van der Waals surface area contributed by atoms with Crippen LogP contribution in [-0.4, -0.2) is 23.2 Å². The molecular weight excluding hydrogens is 202 g/mol. The Bertz CT molecular complexity index is 318. The van der Waals surface area contributed by atoms with Gasteiger partial charge in [-0.3, -0.25) is 0 Å². The summed E-state index contributed by atoms with van der Waals surface area (Å²) in [7, 11) is 0. The number of nitrogens with one attached hydrogen (secondary N) is 1. The van der Waals surface area contributed by atoms with Crippen LogP contribution >= 0.6 is 0 Å². The summed E-state index contributed by atoms with van der Waals surface area (Å²) in [6, 6.07) is 0. The summed E-state index contributed by atoms with van der Waals surface area (Å²) >= 11 is 0. The molecule has 0 aliphatic carbocycles. The highest BCUT2D eigenvalue weighted by Crippen LogP contribution is 2.22. The monoisotopic (exact) mass is 223 g/mol. The van der Waals surface area contributed by atoms with Crippen LogP contribution in [0.5, 0.6) is 0 Å². The van der Waals surface area contributed by atoms with E-state index in [-0.39, 0.29) is 0 Å². The van der Waals surface area contributed by atoms with Crippen LogP contribution in [0, 0.1) is 11.8 Å². The molecular formula is C12H21N3O. The minimum atomic E-state index is 0.623. The average molecular weight is 223 g/mol. The molecule has 0 spiro atoms. The van der Waals surface area contributed by atoms with Gasteiger partial charge in [0.15, 0.2) is 5.82 Å². The molecule has 2 rings (SSSR count). The Morgan fingerprint density at radius 2 is 2.44 bits per heavy atom. The zero-order valence-corrected chi connectivity index (χ0v) is 10.2. The molecule has 90 valence electrons. The van der Waals surface area contributed by atoms with Crippen molar-refractivity contribution in [1.82, 2.24) is 15.5 Å². The Morgan fingerprint density at radius 3 is 3.06 bits per heavy atom. The van der Waals surface area contributed by atoms with Crippen LogP contribution in [0.25, 0.3) is 0 Å². The van der Waals surface area contributed by atoms with Gasteiger partial charge in [0.1, 0.15) is 0 Å². The lowest BCUT2D eigenvalue weighted by molar-refractivity contribution is 0.256. The fourth-order valence-corrected chi connectivity index (χ4v) is 2.32. The van der Waals surface area contributed by atoms with Crippen molar-refractivity contribution in [3.05, 3.63) is 11.7 Å². The molecule has 1 aliphatic heterocycles. The van der Waals surface area contributed by atoms with Crippen LogP contribution in [0.2, 0.25) is 0 Å². The molecule has 2 heterocycles. The first-order chi connectivity index (χ1) is 7.79. The second kappa shape index (κ2) is 5.43. The van der Waals surface area contributed by atoms with Crippen molar-refractivity contribution in [2.24, 2.45) is 11.8 Å². The summed E-state index contributed by atoms with van der Waals surface area (Å²) < 4.78 is 5.24. The highest BCUT2D eigenvalue weighted by atomic mass is 16.5. The second-order valence-corrected chi connectivity index (χ2v) is 4.75. The van der Waals surface area contributed by atoms with E-state index in [1.165, 1.54) is 19.4 Å². The molecule has 4 heteroatoms. The van der Waals surface area contributed by atoms with Gasteiger partial charge in [0, 0.05) is 12.8 Å². The number of hydrogen-bond donors (Lipinski definition) is 1. The molecule has 2 atom stereocenters. The lowest BCUT2D eigenvalue weighted by Gasteiger charge is -2.27. The van der Waals surface area contributed by atoms with Crippen LogP contribution in [0.3, 0.4) is 0 Å². The molecule has 16 heavy (non-hydrogen) atoms. The van der Waals surface area contributed by atoms with E-state index in [4.69, 9.17) is 4.52 Å². The molecule has 0 amide bonds. The summed E-state index contributed by atoms with van der Waals surface area (Å²) in [6.07, 6.45) is 4.38. The summed E-state index contributed by atoms with van der Waals surface area (Å²) in [5, 5.41) is 7.38. The number of hydrogen-bond acceptors (Lipinski definition) is 4. The third-order valence-electron chi connectivity index (χ3n) is 3.46. The van der Waals surface area contributed by atoms with Gasteiger partial charge < -0.3 is 9.84 Å². The van der Waals surface area contributed by atoms with Crippen LogP contribution in [0.4, 0.5) is 0 Å². The van der Waals surface area contributed by atoms with Crippen molar-refractivity contribution in [1.29, 1.82) is 0 Å². The van der Waals surface area contributed by atoms with Crippen molar-refractivity contribution in [2.75, 3.05) is 13.1 Å². The molecule has 1 aromatic heterocycles. The summed E-state index contributed by atoms with van der Waals surface area (Å²) in [5.74, 6) is 3.00.